The number of nitrogens with zero attached hydrogens (tertiary/aromatic N) is 5. The van der Waals surface area contributed by atoms with Crippen molar-refractivity contribution in [3.8, 4) is 0 Å². The molecule has 2 aromatic heterocycles. The number of fused-ring (bicyclic) bond motifs is 1. The lowest BCUT2D eigenvalue weighted by Crippen LogP contribution is -2.38. The molecule has 1 aliphatic heterocycles. The molecule has 0 saturated carbocycles. The summed E-state index contributed by atoms with van der Waals surface area (Å²) in [4.78, 5) is 15.9. The third-order valence-electron chi connectivity index (χ3n) is 4.68. The number of rotatable bonds is 6. The maximum atomic E-state index is 12.4. The molecule has 8 heteroatoms. The lowest BCUT2D eigenvalue weighted by atomic mass is 10.1. The normalized spacial score (nSPS) is 16.8. The fourth-order valence-corrected chi connectivity index (χ4v) is 4.23. The molecule has 3 aromatic rings. The van der Waals surface area contributed by atoms with Gasteiger partial charge in [0.15, 0.2) is 5.65 Å². The van der Waals surface area contributed by atoms with Crippen LogP contribution in [0.3, 0.4) is 0 Å². The second-order valence-electron chi connectivity index (χ2n) is 7.31. The van der Waals surface area contributed by atoms with Crippen molar-refractivity contribution < 1.29 is 4.79 Å². The number of amides is 1. The number of nitrogens with one attached hydrogen (secondary N) is 1. The number of thioether (sulfide) groups is 1. The van der Waals surface area contributed by atoms with Gasteiger partial charge in [0.25, 0.3) is 0 Å². The Bertz CT molecular complexity index is 955. The smallest absolute Gasteiger partial charge is 0.224 e. The van der Waals surface area contributed by atoms with Crippen molar-refractivity contribution in [3.05, 3.63) is 48.3 Å². The Kier molecular flexibility index (Phi) is 5.47. The van der Waals surface area contributed by atoms with E-state index in [2.05, 4.69) is 51.5 Å². The highest BCUT2D eigenvalue weighted by molar-refractivity contribution is 7.99. The predicted octanol–water partition coefficient (Wildman–Crippen LogP) is 2.56. The third-order valence-corrected chi connectivity index (χ3v) is 5.70. The van der Waals surface area contributed by atoms with Gasteiger partial charge >= 0.3 is 0 Å². The first-order valence-electron chi connectivity index (χ1n) is 9.54. The van der Waals surface area contributed by atoms with E-state index in [9.17, 15) is 4.79 Å². The van der Waals surface area contributed by atoms with Gasteiger partial charge in [-0.1, -0.05) is 26.0 Å². The molecule has 1 saturated heterocycles. The predicted molar refractivity (Wildman–Crippen MR) is 111 cm³/mol. The van der Waals surface area contributed by atoms with Crippen molar-refractivity contribution in [2.45, 2.75) is 42.9 Å². The molecule has 0 aliphatic carbocycles. The molecule has 0 radical (unpaired) electrons. The number of hydrogen-bond acceptors (Lipinski definition) is 6. The SMILES string of the molecule is CC(C)Sc1ccc(CC(=O)N[C@@H]2CCN(c3ccc4nncn4n3)C2)cc1. The Balaban J connectivity index is 1.30. The minimum atomic E-state index is 0.0679. The second kappa shape index (κ2) is 8.18. The third kappa shape index (κ3) is 4.44. The molecule has 4 rings (SSSR count). The Morgan fingerprint density at radius 2 is 2.07 bits per heavy atom. The summed E-state index contributed by atoms with van der Waals surface area (Å²) in [5, 5.41) is 16.1. The Morgan fingerprint density at radius 3 is 2.86 bits per heavy atom. The molecule has 1 amide bonds. The average Bonchev–Trinajstić information content (AvgIpc) is 3.31. The maximum Gasteiger partial charge on any atom is 0.224 e. The van der Waals surface area contributed by atoms with Crippen LogP contribution in [0.15, 0.2) is 47.6 Å². The van der Waals surface area contributed by atoms with E-state index in [0.717, 1.165) is 36.5 Å². The zero-order valence-corrected chi connectivity index (χ0v) is 16.9. The molecule has 1 N–H and O–H groups in total. The summed E-state index contributed by atoms with van der Waals surface area (Å²) in [7, 11) is 0. The Labute approximate surface area is 168 Å². The molecule has 146 valence electrons. The van der Waals surface area contributed by atoms with Crippen LogP contribution < -0.4 is 10.2 Å². The van der Waals surface area contributed by atoms with Crippen molar-refractivity contribution >= 4 is 29.1 Å². The van der Waals surface area contributed by atoms with Gasteiger partial charge in [-0.25, -0.2) is 0 Å². The summed E-state index contributed by atoms with van der Waals surface area (Å²) in [5.41, 5.74) is 1.77. The van der Waals surface area contributed by atoms with Crippen LogP contribution in [0.4, 0.5) is 5.82 Å². The van der Waals surface area contributed by atoms with Gasteiger partial charge in [0.1, 0.15) is 12.1 Å². The number of hydrogen-bond donors (Lipinski definition) is 1. The van der Waals surface area contributed by atoms with Crippen LogP contribution in [0.25, 0.3) is 5.65 Å². The van der Waals surface area contributed by atoms with Gasteiger partial charge in [-0.2, -0.15) is 4.52 Å². The average molecular weight is 397 g/mol. The van der Waals surface area contributed by atoms with E-state index < -0.39 is 0 Å². The summed E-state index contributed by atoms with van der Waals surface area (Å²) in [6.45, 7) is 5.98. The van der Waals surface area contributed by atoms with Crippen molar-refractivity contribution in [2.75, 3.05) is 18.0 Å². The van der Waals surface area contributed by atoms with Gasteiger partial charge in [-0.15, -0.1) is 27.1 Å². The van der Waals surface area contributed by atoms with E-state index in [1.165, 1.54) is 4.90 Å². The number of carbonyl (C=O) groups is 1. The summed E-state index contributed by atoms with van der Waals surface area (Å²) < 4.78 is 1.67. The minimum absolute atomic E-state index is 0.0679. The van der Waals surface area contributed by atoms with Crippen molar-refractivity contribution in [1.82, 2.24) is 25.1 Å². The van der Waals surface area contributed by atoms with Crippen molar-refractivity contribution in [2.24, 2.45) is 0 Å². The zero-order chi connectivity index (χ0) is 19.5. The van der Waals surface area contributed by atoms with Crippen molar-refractivity contribution in [3.63, 3.8) is 0 Å². The lowest BCUT2D eigenvalue weighted by Gasteiger charge is -2.17. The fourth-order valence-electron chi connectivity index (χ4n) is 3.40. The molecule has 0 unspecified atom stereocenters. The summed E-state index contributed by atoms with van der Waals surface area (Å²) in [5.74, 6) is 0.945. The molecule has 1 aliphatic rings. The van der Waals surface area contributed by atoms with Crippen LogP contribution in [0, 0.1) is 0 Å². The molecule has 1 aromatic carbocycles. The zero-order valence-electron chi connectivity index (χ0n) is 16.1. The van der Waals surface area contributed by atoms with Gasteiger partial charge in [-0.3, -0.25) is 4.79 Å². The van der Waals surface area contributed by atoms with E-state index in [-0.39, 0.29) is 11.9 Å². The molecule has 1 fully saturated rings. The molecule has 0 bridgehead atoms. The molecular formula is C20H24N6OS. The minimum Gasteiger partial charge on any atom is -0.353 e. The summed E-state index contributed by atoms with van der Waals surface area (Å²) in [6, 6.07) is 12.3. The van der Waals surface area contributed by atoms with Gasteiger partial charge in [0, 0.05) is 29.3 Å². The first-order valence-corrected chi connectivity index (χ1v) is 10.4. The topological polar surface area (TPSA) is 75.4 Å². The van der Waals surface area contributed by atoms with Gasteiger partial charge in [-0.05, 0) is 36.2 Å². The lowest BCUT2D eigenvalue weighted by molar-refractivity contribution is -0.121. The van der Waals surface area contributed by atoms with E-state index in [4.69, 9.17) is 0 Å². The Hall–Kier alpha value is -2.61. The van der Waals surface area contributed by atoms with E-state index in [1.54, 1.807) is 10.8 Å². The molecule has 28 heavy (non-hydrogen) atoms. The van der Waals surface area contributed by atoms with Crippen LogP contribution in [-0.2, 0) is 11.2 Å². The number of carbonyl (C=O) groups excluding carboxylic acids is 1. The first-order chi connectivity index (χ1) is 13.6. The Morgan fingerprint density at radius 1 is 1.25 bits per heavy atom. The number of aromatic nitrogens is 4. The highest BCUT2D eigenvalue weighted by Crippen LogP contribution is 2.23. The van der Waals surface area contributed by atoms with Crippen LogP contribution >= 0.6 is 11.8 Å². The molecule has 0 spiro atoms. The van der Waals surface area contributed by atoms with E-state index >= 15 is 0 Å². The first kappa shape index (κ1) is 18.7. The fraction of sp³-hybridized carbons (Fsp3) is 0.400. The van der Waals surface area contributed by atoms with Gasteiger partial charge in [0.05, 0.1) is 6.42 Å². The van der Waals surface area contributed by atoms with E-state index in [1.807, 2.05) is 36.0 Å². The standard InChI is InChI=1S/C20H24N6OS/c1-14(2)28-17-5-3-15(4-6-17)11-20(27)22-16-9-10-25(12-16)19-8-7-18-23-21-13-26(18)24-19/h3-8,13-14,16H,9-12H2,1-2H3,(H,22,27)/t16-/m1/s1. The van der Waals surface area contributed by atoms with Gasteiger partial charge < -0.3 is 10.2 Å². The second-order valence-corrected chi connectivity index (χ2v) is 8.96. The molecular weight excluding hydrogens is 372 g/mol. The molecule has 1 atom stereocenters. The summed E-state index contributed by atoms with van der Waals surface area (Å²) in [6.07, 6.45) is 2.92. The van der Waals surface area contributed by atoms with Crippen LogP contribution in [0.2, 0.25) is 0 Å². The van der Waals surface area contributed by atoms with Crippen molar-refractivity contribution in [1.29, 1.82) is 0 Å². The van der Waals surface area contributed by atoms with E-state index in [0.29, 0.717) is 11.7 Å². The number of anilines is 1. The van der Waals surface area contributed by atoms with Crippen LogP contribution in [0.1, 0.15) is 25.8 Å². The highest BCUT2D eigenvalue weighted by atomic mass is 32.2. The monoisotopic (exact) mass is 396 g/mol. The van der Waals surface area contributed by atoms with Crippen LogP contribution in [-0.4, -0.2) is 50.1 Å². The quantitative estimate of drug-likeness (QED) is 0.646. The van der Waals surface area contributed by atoms with Crippen LogP contribution in [0.5, 0.6) is 0 Å². The maximum absolute atomic E-state index is 12.4. The van der Waals surface area contributed by atoms with Gasteiger partial charge in [0.2, 0.25) is 5.91 Å². The largest absolute Gasteiger partial charge is 0.353 e. The highest BCUT2D eigenvalue weighted by Gasteiger charge is 2.25. The molecule has 7 nitrogen and oxygen atoms in total. The number of benzene rings is 1. The molecule has 3 heterocycles. The summed E-state index contributed by atoms with van der Waals surface area (Å²) >= 11 is 1.83.